The van der Waals surface area contributed by atoms with Crippen LogP contribution in [-0.4, -0.2) is 78.3 Å². The number of thioether (sulfide) groups is 1. The number of carbonyl (C=O) groups excluding carboxylic acids is 3. The van der Waals surface area contributed by atoms with Gasteiger partial charge in [-0.25, -0.2) is 4.79 Å². The fourth-order valence-electron chi connectivity index (χ4n) is 10.2. The van der Waals surface area contributed by atoms with Crippen LogP contribution in [-0.2, 0) is 25.5 Å². The fraction of sp³-hybridized carbons (Fsp3) is 0.652. The largest absolute Gasteiger partial charge is 0.504 e. The second-order valence-corrected chi connectivity index (χ2v) is 18.2. The van der Waals surface area contributed by atoms with Gasteiger partial charge in [-0.3, -0.25) is 14.5 Å². The van der Waals surface area contributed by atoms with Gasteiger partial charge in [0.25, 0.3) is 0 Å². The molecule has 1 amide bonds. The molecular weight excluding hydrogens is 785 g/mol. The summed E-state index contributed by atoms with van der Waals surface area (Å²) in [6.45, 7) is 7.09. The fourth-order valence-corrected chi connectivity index (χ4v) is 11.8. The number of piperazine rings is 1. The number of nitrogens with zero attached hydrogens (tertiary/aromatic N) is 2. The highest BCUT2D eigenvalue weighted by molar-refractivity contribution is 7.99. The molecule has 60 heavy (non-hydrogen) atoms. The minimum absolute atomic E-state index is 0.0313. The summed E-state index contributed by atoms with van der Waals surface area (Å²) in [5.41, 5.74) is 4.30. The van der Waals surface area contributed by atoms with Gasteiger partial charge in [-0.2, -0.15) is 5.26 Å². The summed E-state index contributed by atoms with van der Waals surface area (Å²) in [4.78, 5) is 42.3. The Morgan fingerprint density at radius 3 is 2.28 bits per heavy atom. The molecule has 14 heteroatoms. The van der Waals surface area contributed by atoms with Gasteiger partial charge in [0, 0.05) is 53.4 Å². The molecule has 2 aromatic rings. The van der Waals surface area contributed by atoms with Crippen LogP contribution in [0.25, 0.3) is 0 Å². The molecule has 6 aliphatic heterocycles. The van der Waals surface area contributed by atoms with E-state index in [1.807, 2.05) is 19.9 Å². The molecule has 4 bridgehead atoms. The number of fused-ring (bicyclic) bond motifs is 10. The second-order valence-electron chi connectivity index (χ2n) is 17.1. The predicted molar refractivity (Wildman–Crippen MR) is 228 cm³/mol. The number of ether oxygens (including phenoxy) is 5. The Hall–Kier alpha value is -4.19. The molecule has 0 aromatic heterocycles. The third-order valence-corrected chi connectivity index (χ3v) is 14.4. The van der Waals surface area contributed by atoms with Gasteiger partial charge in [0.15, 0.2) is 23.0 Å². The number of esters is 2. The number of aryl methyl sites for hydroxylation is 1. The van der Waals surface area contributed by atoms with Crippen molar-refractivity contribution in [1.82, 2.24) is 15.5 Å². The van der Waals surface area contributed by atoms with Gasteiger partial charge in [0.05, 0.1) is 30.5 Å². The number of phenols is 1. The number of unbranched alkanes of at least 4 members (excludes halogenated alkanes) is 12. The molecule has 2 aromatic carbocycles. The summed E-state index contributed by atoms with van der Waals surface area (Å²) in [6, 6.07) is 0.866. The first-order chi connectivity index (χ1) is 29.1. The van der Waals surface area contributed by atoms with Crippen molar-refractivity contribution in [2.24, 2.45) is 0 Å². The number of nitriles is 1. The first-order valence-electron chi connectivity index (χ1n) is 22.1. The molecule has 326 valence electrons. The van der Waals surface area contributed by atoms with E-state index >= 15 is 0 Å². The zero-order chi connectivity index (χ0) is 42.5. The van der Waals surface area contributed by atoms with E-state index in [4.69, 9.17) is 23.7 Å². The third kappa shape index (κ3) is 8.77. The molecule has 7 atom stereocenters. The number of nitrogens with one attached hydrogen (secondary N) is 2. The summed E-state index contributed by atoms with van der Waals surface area (Å²) in [5.74, 6) is 0.500. The number of rotatable bonds is 17. The Morgan fingerprint density at radius 1 is 0.967 bits per heavy atom. The van der Waals surface area contributed by atoms with Crippen molar-refractivity contribution in [3.63, 3.8) is 0 Å². The van der Waals surface area contributed by atoms with Gasteiger partial charge in [-0.05, 0) is 37.8 Å². The number of hydrogen-bond acceptors (Lipinski definition) is 13. The van der Waals surface area contributed by atoms with Crippen LogP contribution in [0.2, 0.25) is 0 Å². The highest BCUT2D eigenvalue weighted by atomic mass is 32.2. The zero-order valence-electron chi connectivity index (χ0n) is 35.9. The summed E-state index contributed by atoms with van der Waals surface area (Å²) >= 11 is 1.43. The molecule has 0 radical (unpaired) electrons. The summed E-state index contributed by atoms with van der Waals surface area (Å²) in [5, 5.41) is 29.0. The Morgan fingerprint density at radius 2 is 1.63 bits per heavy atom. The highest BCUT2D eigenvalue weighted by Crippen LogP contribution is 2.62. The maximum atomic E-state index is 13.9. The first kappa shape index (κ1) is 43.9. The smallest absolute Gasteiger partial charge is 0.329 e. The normalized spacial score (nSPS) is 25.0. The maximum absolute atomic E-state index is 13.9. The van der Waals surface area contributed by atoms with Crippen molar-refractivity contribution < 1.29 is 43.2 Å². The highest BCUT2D eigenvalue weighted by Gasteiger charge is 2.59. The monoisotopic (exact) mass is 846 g/mol. The first-order valence-corrected chi connectivity index (χ1v) is 23.2. The van der Waals surface area contributed by atoms with Gasteiger partial charge >= 0.3 is 11.9 Å². The quantitative estimate of drug-likeness (QED) is 0.0801. The predicted octanol–water partition coefficient (Wildman–Crippen LogP) is 7.86. The molecule has 0 spiro atoms. The second kappa shape index (κ2) is 19.7. The minimum Gasteiger partial charge on any atom is -0.504 e. The Balaban J connectivity index is 1.14. The van der Waals surface area contributed by atoms with Crippen molar-refractivity contribution in [1.29, 1.82) is 5.26 Å². The number of aromatic hydroxyl groups is 1. The molecule has 2 unspecified atom stereocenters. The Kier molecular flexibility index (Phi) is 14.4. The zero-order valence-corrected chi connectivity index (χ0v) is 36.7. The molecular formula is C46H62N4O9S. The van der Waals surface area contributed by atoms with E-state index in [0.29, 0.717) is 58.1 Å². The van der Waals surface area contributed by atoms with E-state index < -0.39 is 47.4 Å². The van der Waals surface area contributed by atoms with Gasteiger partial charge in [0.1, 0.15) is 24.4 Å². The van der Waals surface area contributed by atoms with Crippen LogP contribution in [0.5, 0.6) is 28.7 Å². The molecule has 0 aliphatic carbocycles. The van der Waals surface area contributed by atoms with E-state index in [1.54, 1.807) is 0 Å². The number of amides is 1. The van der Waals surface area contributed by atoms with Crippen LogP contribution in [0.3, 0.4) is 0 Å². The van der Waals surface area contributed by atoms with E-state index in [-0.39, 0.29) is 36.9 Å². The molecule has 3 N–H and O–H groups in total. The number of methoxy groups -OCH3 is 1. The van der Waals surface area contributed by atoms with E-state index in [1.165, 1.54) is 90.0 Å². The summed E-state index contributed by atoms with van der Waals surface area (Å²) in [7, 11) is 1.53. The summed E-state index contributed by atoms with van der Waals surface area (Å²) in [6.07, 6.45) is 16.5. The van der Waals surface area contributed by atoms with Gasteiger partial charge in [-0.1, -0.05) is 90.0 Å². The van der Waals surface area contributed by atoms with Crippen LogP contribution < -0.4 is 29.6 Å². The van der Waals surface area contributed by atoms with Crippen LogP contribution in [0.1, 0.15) is 154 Å². The lowest BCUT2D eigenvalue weighted by molar-refractivity contribution is -0.151. The van der Waals surface area contributed by atoms with Crippen LogP contribution in [0.4, 0.5) is 0 Å². The van der Waals surface area contributed by atoms with E-state index in [0.717, 1.165) is 30.4 Å². The number of hydrogen-bond donors (Lipinski definition) is 3. The van der Waals surface area contributed by atoms with E-state index in [9.17, 15) is 24.8 Å². The van der Waals surface area contributed by atoms with Gasteiger partial charge in [0.2, 0.25) is 12.7 Å². The standard InChI is InChI=1S/C46H62N4O9S/c1-6-7-8-9-10-11-12-13-14-15-16-17-18-19-34(52)48-31-24-60-45-37-36(44-43(57-25-58-44)27(3)42(37)59-28(4)51)33(23-56-46(31)54)50-32(22-47)30-21-29-20-26(2)41(55-5)40(53)35(29)38(49-30)39(45)50/h20,30-33,38-39,45,49,53H,6-19,21,23-25H2,1-5H3,(H,48,52)/t30-,31?,32-,33-,38-,39?,45+/m0/s1. The van der Waals surface area contributed by atoms with Crippen molar-refractivity contribution in [2.75, 3.05) is 26.3 Å². The van der Waals surface area contributed by atoms with Crippen molar-refractivity contribution in [3.8, 4) is 34.8 Å². The van der Waals surface area contributed by atoms with Crippen LogP contribution in [0.15, 0.2) is 6.07 Å². The maximum Gasteiger partial charge on any atom is 0.329 e. The summed E-state index contributed by atoms with van der Waals surface area (Å²) < 4.78 is 30.0. The van der Waals surface area contributed by atoms with Crippen molar-refractivity contribution in [3.05, 3.63) is 39.4 Å². The average molecular weight is 847 g/mol. The lowest BCUT2D eigenvalue weighted by Gasteiger charge is -2.59. The lowest BCUT2D eigenvalue weighted by Crippen LogP contribution is -2.69. The molecule has 2 fully saturated rings. The Labute approximate surface area is 358 Å². The van der Waals surface area contributed by atoms with Crippen LogP contribution in [0, 0.1) is 25.2 Å². The third-order valence-electron chi connectivity index (χ3n) is 13.0. The molecule has 2 saturated heterocycles. The number of phenolic OH excluding ortho intramolecular Hbond substituents is 1. The van der Waals surface area contributed by atoms with Crippen molar-refractivity contribution in [2.45, 2.75) is 166 Å². The molecule has 6 aliphatic rings. The van der Waals surface area contributed by atoms with E-state index in [2.05, 4.69) is 28.5 Å². The lowest BCUT2D eigenvalue weighted by atomic mass is 9.72. The van der Waals surface area contributed by atoms with Crippen LogP contribution >= 0.6 is 11.8 Å². The van der Waals surface area contributed by atoms with Gasteiger partial charge in [-0.15, -0.1) is 11.8 Å². The molecule has 0 saturated carbocycles. The molecule has 13 nitrogen and oxygen atoms in total. The SMILES string of the molecule is CCCCCCCCCCCCCCCC(=O)NC1CS[C@@H]2c3c(OC(C)=O)c(C)c4c(c3[C@H](COC1=O)N1C2[C@H]2N[C@@H](Cc3cc(C)c(OC)c(O)c32)[C@@H]1C#N)OCO4. The van der Waals surface area contributed by atoms with Crippen molar-refractivity contribution >= 4 is 29.6 Å². The van der Waals surface area contributed by atoms with Gasteiger partial charge < -0.3 is 39.4 Å². The minimum atomic E-state index is -0.946. The topological polar surface area (TPSA) is 169 Å². The average Bonchev–Trinajstić information content (AvgIpc) is 3.72. The number of benzene rings is 2. The Bertz CT molecular complexity index is 1970. The molecule has 6 heterocycles. The number of carbonyl (C=O) groups is 3. The molecule has 8 rings (SSSR count).